The quantitative estimate of drug-likeness (QED) is 0.751. The Hall–Kier alpha value is -1.38. The van der Waals surface area contributed by atoms with Gasteiger partial charge in [-0.05, 0) is 39.2 Å². The zero-order valence-electron chi connectivity index (χ0n) is 14.6. The van der Waals surface area contributed by atoms with Crippen LogP contribution >= 0.6 is 0 Å². The SMILES string of the molecule is CC(C)(C)[S+]([O-])N[C@]1(C(F)F)C[C@H](NC(=O)OCc2ccccc2)C1. The summed E-state index contributed by atoms with van der Waals surface area (Å²) < 4.78 is 46.0. The number of halogens is 2. The maximum atomic E-state index is 13.4. The first-order valence-electron chi connectivity index (χ1n) is 8.07. The van der Waals surface area contributed by atoms with Crippen molar-refractivity contribution >= 4 is 17.5 Å². The van der Waals surface area contributed by atoms with Crippen molar-refractivity contribution in [3.63, 3.8) is 0 Å². The summed E-state index contributed by atoms with van der Waals surface area (Å²) in [6.45, 7) is 5.26. The molecule has 0 spiro atoms. The number of hydrogen-bond acceptors (Lipinski definition) is 4. The highest BCUT2D eigenvalue weighted by Crippen LogP contribution is 2.39. The highest BCUT2D eigenvalue weighted by atomic mass is 32.2. The average molecular weight is 374 g/mol. The predicted molar refractivity (Wildman–Crippen MR) is 92.6 cm³/mol. The minimum Gasteiger partial charge on any atom is -0.598 e. The van der Waals surface area contributed by atoms with E-state index in [1.54, 1.807) is 20.8 Å². The van der Waals surface area contributed by atoms with E-state index in [1.165, 1.54) is 0 Å². The van der Waals surface area contributed by atoms with E-state index in [-0.39, 0.29) is 19.4 Å². The van der Waals surface area contributed by atoms with Crippen LogP contribution in [0.3, 0.4) is 0 Å². The van der Waals surface area contributed by atoms with E-state index in [0.717, 1.165) is 5.56 Å². The smallest absolute Gasteiger partial charge is 0.407 e. The zero-order valence-corrected chi connectivity index (χ0v) is 15.4. The molecule has 25 heavy (non-hydrogen) atoms. The first kappa shape index (κ1) is 19.9. The predicted octanol–water partition coefficient (Wildman–Crippen LogP) is 3.13. The van der Waals surface area contributed by atoms with E-state index in [9.17, 15) is 18.1 Å². The lowest BCUT2D eigenvalue weighted by Crippen LogP contribution is -2.68. The van der Waals surface area contributed by atoms with Crippen LogP contribution < -0.4 is 10.0 Å². The Labute approximate surface area is 149 Å². The first-order valence-corrected chi connectivity index (χ1v) is 9.22. The number of benzene rings is 1. The van der Waals surface area contributed by atoms with Crippen LogP contribution in [0.1, 0.15) is 39.2 Å². The van der Waals surface area contributed by atoms with Gasteiger partial charge in [-0.2, -0.15) is 0 Å². The molecule has 1 aliphatic rings. The molecule has 0 radical (unpaired) electrons. The Morgan fingerprint density at radius 3 is 2.48 bits per heavy atom. The van der Waals surface area contributed by atoms with Gasteiger partial charge in [0.05, 0.1) is 0 Å². The molecule has 1 aromatic carbocycles. The van der Waals surface area contributed by atoms with Crippen molar-refractivity contribution in [2.24, 2.45) is 0 Å². The summed E-state index contributed by atoms with van der Waals surface area (Å²) in [7, 11) is 0. The fraction of sp³-hybridized carbons (Fsp3) is 0.588. The van der Waals surface area contributed by atoms with Gasteiger partial charge in [-0.25, -0.2) is 13.6 Å². The second-order valence-corrected chi connectivity index (χ2v) is 9.22. The van der Waals surface area contributed by atoms with Crippen molar-refractivity contribution in [2.45, 2.75) is 63.0 Å². The van der Waals surface area contributed by atoms with Crippen molar-refractivity contribution in [1.29, 1.82) is 0 Å². The van der Waals surface area contributed by atoms with Crippen LogP contribution in [-0.4, -0.2) is 33.4 Å². The maximum absolute atomic E-state index is 13.4. The molecule has 1 fully saturated rings. The summed E-state index contributed by atoms with van der Waals surface area (Å²) in [5, 5.41) is 2.57. The molecular weight excluding hydrogens is 350 g/mol. The van der Waals surface area contributed by atoms with Gasteiger partial charge in [0, 0.05) is 17.4 Å². The highest BCUT2D eigenvalue weighted by molar-refractivity contribution is 7.90. The van der Waals surface area contributed by atoms with Gasteiger partial charge in [0.15, 0.2) is 0 Å². The third-order valence-corrected chi connectivity index (χ3v) is 5.73. The summed E-state index contributed by atoms with van der Waals surface area (Å²) >= 11 is -1.61. The minimum absolute atomic E-state index is 0.00687. The van der Waals surface area contributed by atoms with Crippen molar-refractivity contribution in [2.75, 3.05) is 0 Å². The number of ether oxygens (including phenoxy) is 1. The number of alkyl halides is 2. The molecule has 0 saturated heterocycles. The average Bonchev–Trinajstić information content (AvgIpc) is 2.50. The molecule has 5 nitrogen and oxygen atoms in total. The van der Waals surface area contributed by atoms with E-state index in [1.807, 2.05) is 30.3 Å². The van der Waals surface area contributed by atoms with Crippen LogP contribution in [0.2, 0.25) is 0 Å². The molecule has 0 bridgehead atoms. The number of nitrogens with one attached hydrogen (secondary N) is 2. The molecule has 1 aromatic rings. The van der Waals surface area contributed by atoms with Crippen LogP contribution in [0.5, 0.6) is 0 Å². The molecule has 8 heteroatoms. The van der Waals surface area contributed by atoms with Gasteiger partial charge in [0.25, 0.3) is 6.43 Å². The number of carbonyl (C=O) groups excluding carboxylic acids is 1. The first-order chi connectivity index (χ1) is 11.6. The van der Waals surface area contributed by atoms with E-state index in [0.29, 0.717) is 0 Å². The van der Waals surface area contributed by atoms with Gasteiger partial charge >= 0.3 is 6.09 Å². The zero-order chi connectivity index (χ0) is 18.7. The normalized spacial score (nSPS) is 24.5. The van der Waals surface area contributed by atoms with Gasteiger partial charge < -0.3 is 14.6 Å². The summed E-state index contributed by atoms with van der Waals surface area (Å²) in [6, 6.07) is 8.74. The number of hydrogen-bond donors (Lipinski definition) is 2. The lowest BCUT2D eigenvalue weighted by Gasteiger charge is -2.47. The molecule has 1 saturated carbocycles. The maximum Gasteiger partial charge on any atom is 0.407 e. The fourth-order valence-corrected chi connectivity index (χ4v) is 3.43. The Morgan fingerprint density at radius 2 is 1.96 bits per heavy atom. The molecule has 0 aliphatic heterocycles. The van der Waals surface area contributed by atoms with E-state index < -0.39 is 40.2 Å². The van der Waals surface area contributed by atoms with Crippen molar-refractivity contribution in [1.82, 2.24) is 10.0 Å². The standard InChI is InChI=1S/C17H24F2N2O3S/c1-16(2,3)25(23)21-17(14(18)19)9-13(10-17)20-15(22)24-11-12-7-5-4-6-8-12/h4-8,13-14,21H,9-11H2,1-3H3,(H,20,22)/t13-,17+,25?. The monoisotopic (exact) mass is 374 g/mol. The third-order valence-electron chi connectivity index (χ3n) is 4.03. The Kier molecular flexibility index (Phi) is 6.29. The molecule has 2 N–H and O–H groups in total. The van der Waals surface area contributed by atoms with Crippen molar-refractivity contribution in [3.8, 4) is 0 Å². The van der Waals surface area contributed by atoms with Gasteiger partial charge in [-0.3, -0.25) is 0 Å². The van der Waals surface area contributed by atoms with Gasteiger partial charge in [0.1, 0.15) is 16.9 Å². The second-order valence-electron chi connectivity index (χ2n) is 7.25. The van der Waals surface area contributed by atoms with Crippen molar-refractivity contribution in [3.05, 3.63) is 35.9 Å². The fourth-order valence-electron chi connectivity index (χ4n) is 2.50. The molecule has 1 amide bonds. The van der Waals surface area contributed by atoms with Crippen molar-refractivity contribution < 1.29 is 22.9 Å². The number of rotatable bonds is 6. The van der Waals surface area contributed by atoms with Crippen LogP contribution in [0.25, 0.3) is 0 Å². The molecule has 140 valence electrons. The van der Waals surface area contributed by atoms with E-state index in [4.69, 9.17) is 4.74 Å². The summed E-state index contributed by atoms with van der Waals surface area (Å²) in [4.78, 5) is 11.8. The molecule has 0 aromatic heterocycles. The number of carbonyl (C=O) groups is 1. The molecule has 1 aliphatic carbocycles. The number of amides is 1. The summed E-state index contributed by atoms with van der Waals surface area (Å²) in [6.07, 6.45) is -3.30. The van der Waals surface area contributed by atoms with Gasteiger partial charge in [-0.15, -0.1) is 4.72 Å². The van der Waals surface area contributed by atoms with Crippen LogP contribution in [0.15, 0.2) is 30.3 Å². The minimum atomic E-state index is -2.67. The second kappa shape index (κ2) is 7.88. The van der Waals surface area contributed by atoms with Crippen LogP contribution in [0, 0.1) is 0 Å². The number of alkyl carbamates (subject to hydrolysis) is 1. The third kappa shape index (κ3) is 5.29. The van der Waals surface area contributed by atoms with E-state index >= 15 is 0 Å². The molecular formula is C17H24F2N2O3S. The summed E-state index contributed by atoms with van der Waals surface area (Å²) in [5.74, 6) is 0. The lowest BCUT2D eigenvalue weighted by atomic mass is 9.73. The summed E-state index contributed by atoms with van der Waals surface area (Å²) in [5.41, 5.74) is -0.689. The topological polar surface area (TPSA) is 73.4 Å². The van der Waals surface area contributed by atoms with E-state index in [2.05, 4.69) is 10.0 Å². The Morgan fingerprint density at radius 1 is 1.36 bits per heavy atom. The largest absolute Gasteiger partial charge is 0.598 e. The molecule has 2 rings (SSSR count). The van der Waals surface area contributed by atoms with Gasteiger partial charge in [-0.1, -0.05) is 30.3 Å². The molecule has 0 heterocycles. The Bertz CT molecular complexity index is 575. The van der Waals surface area contributed by atoms with Crippen LogP contribution in [0.4, 0.5) is 13.6 Å². The van der Waals surface area contributed by atoms with Gasteiger partial charge in [0.2, 0.25) is 0 Å². The van der Waals surface area contributed by atoms with Crippen LogP contribution in [-0.2, 0) is 22.7 Å². The molecule has 1 atom stereocenters. The molecule has 1 unspecified atom stereocenters. The lowest BCUT2D eigenvalue weighted by molar-refractivity contribution is -0.0216. The highest BCUT2D eigenvalue weighted by Gasteiger charge is 2.56. The Balaban J connectivity index is 1.81.